The average molecular weight is 833 g/mol. The van der Waals surface area contributed by atoms with E-state index in [2.05, 4.69) is 0 Å². The molecule has 0 radical (unpaired) electrons. The van der Waals surface area contributed by atoms with Crippen molar-refractivity contribution in [2.45, 2.75) is 125 Å². The van der Waals surface area contributed by atoms with Gasteiger partial charge in [-0.1, -0.05) is 37.6 Å². The lowest BCUT2D eigenvalue weighted by Crippen LogP contribution is -2.76. The molecule has 1 aromatic carbocycles. The standard InChI is InChI=1S/C46H56O14/c1-23-17-34(59-39(52)30-15-13-12-14-16-30)43(10)35(57-28(6)49)20-41(8)21-45(43,60-40(41)53)46(23)25(3)38(58-29(7)50)44(22-55-26(4)47)33-18-31(51)36(54-11)24(2)42(33,9)19-32(37(44)46)56-27(5)48/h12-17,25,32-35,37-38H,18-22H2,1-11H3/t25-,32+,33+,34-,35-,37-,38-,41+,42+,43-,44-,45+,46-/m0/s1. The fourth-order valence-electron chi connectivity index (χ4n) is 13.7. The van der Waals surface area contributed by atoms with E-state index >= 15 is 0 Å². The maximum Gasteiger partial charge on any atom is 0.338 e. The summed E-state index contributed by atoms with van der Waals surface area (Å²) in [5, 5.41) is 0. The Morgan fingerprint density at radius 3 is 2.05 bits per heavy atom. The van der Waals surface area contributed by atoms with Crippen LogP contribution in [0.3, 0.4) is 0 Å². The third-order valence-corrected chi connectivity index (χ3v) is 15.8. The molecule has 4 fully saturated rings. The SMILES string of the molecule is COC1=C(C)[C@@]2(C)C[C@@H](OC(C)=O)[C@H]3[C@@](COC(C)=O)([C@@H](OC(C)=O)[C@H](C)[C@@]34C(C)=C[C@H](OC(=O)c3ccccc3)[C@@]3(C)[C@@H](OC(C)=O)C[C@]5(C)C[C@@]34OC5=O)[C@@H]2CC1=O. The molecule has 1 saturated heterocycles. The van der Waals surface area contributed by atoms with E-state index in [0.29, 0.717) is 11.1 Å². The zero-order chi connectivity index (χ0) is 44.1. The monoisotopic (exact) mass is 832 g/mol. The highest BCUT2D eigenvalue weighted by atomic mass is 16.6. The Bertz CT molecular complexity index is 2120. The Hall–Kier alpha value is -5.01. The highest BCUT2D eigenvalue weighted by molar-refractivity contribution is 5.96. The van der Waals surface area contributed by atoms with Crippen molar-refractivity contribution >= 4 is 41.6 Å². The number of allylic oxidation sites excluding steroid dienone is 2. The van der Waals surface area contributed by atoms with Crippen molar-refractivity contribution in [2.75, 3.05) is 13.7 Å². The van der Waals surface area contributed by atoms with Gasteiger partial charge in [-0.05, 0) is 69.2 Å². The smallest absolute Gasteiger partial charge is 0.338 e. The lowest BCUT2D eigenvalue weighted by atomic mass is 9.36. The van der Waals surface area contributed by atoms with Crippen LogP contribution in [0.1, 0.15) is 105 Å². The average Bonchev–Trinajstić information content (AvgIpc) is 3.53. The second-order valence-corrected chi connectivity index (χ2v) is 18.7. The number of ketones is 1. The van der Waals surface area contributed by atoms with E-state index in [1.165, 1.54) is 34.8 Å². The maximum atomic E-state index is 14.7. The van der Waals surface area contributed by atoms with Gasteiger partial charge in [0, 0.05) is 64.2 Å². The van der Waals surface area contributed by atoms with Gasteiger partial charge in [-0.2, -0.15) is 0 Å². The number of methoxy groups -OCH3 is 1. The fraction of sp³-hybridized carbons (Fsp3) is 0.630. The number of esters is 6. The van der Waals surface area contributed by atoms with Gasteiger partial charge >= 0.3 is 35.8 Å². The van der Waals surface area contributed by atoms with Crippen LogP contribution in [0.4, 0.5) is 0 Å². The van der Waals surface area contributed by atoms with Gasteiger partial charge in [0.05, 0.1) is 28.9 Å². The normalized spacial score (nSPS) is 41.2. The summed E-state index contributed by atoms with van der Waals surface area (Å²) >= 11 is 0. The van der Waals surface area contributed by atoms with Crippen molar-refractivity contribution in [2.24, 2.45) is 44.8 Å². The zero-order valence-electron chi connectivity index (χ0n) is 36.3. The first-order chi connectivity index (χ1) is 28.0. The predicted octanol–water partition coefficient (Wildman–Crippen LogP) is 5.79. The Morgan fingerprint density at radius 2 is 1.47 bits per heavy atom. The minimum atomic E-state index is -1.74. The van der Waals surface area contributed by atoms with Gasteiger partial charge in [0.25, 0.3) is 0 Å². The molecule has 1 aromatic rings. The Morgan fingerprint density at radius 1 is 0.833 bits per heavy atom. The Balaban J connectivity index is 1.62. The Kier molecular flexibility index (Phi) is 10.3. The number of fused-ring (bicyclic) bond motifs is 5. The second-order valence-electron chi connectivity index (χ2n) is 18.7. The fourth-order valence-corrected chi connectivity index (χ4v) is 13.7. The summed E-state index contributed by atoms with van der Waals surface area (Å²) in [6.45, 7) is 15.7. The maximum absolute atomic E-state index is 14.7. The third kappa shape index (κ3) is 5.60. The minimum absolute atomic E-state index is 0.0311. The summed E-state index contributed by atoms with van der Waals surface area (Å²) in [5.74, 6) is -6.48. The number of carbonyl (C=O) groups is 7. The predicted molar refractivity (Wildman–Crippen MR) is 210 cm³/mol. The molecule has 13 atom stereocenters. The Labute approximate surface area is 350 Å². The van der Waals surface area contributed by atoms with Crippen molar-refractivity contribution in [3.63, 3.8) is 0 Å². The van der Waals surface area contributed by atoms with Crippen LogP contribution in [0.5, 0.6) is 0 Å². The quantitative estimate of drug-likeness (QED) is 0.174. The van der Waals surface area contributed by atoms with E-state index in [1.807, 2.05) is 20.8 Å². The van der Waals surface area contributed by atoms with Crippen LogP contribution >= 0.6 is 0 Å². The van der Waals surface area contributed by atoms with Crippen molar-refractivity contribution in [3.05, 3.63) is 58.9 Å². The first-order valence-electron chi connectivity index (χ1n) is 20.6. The molecule has 2 spiro atoms. The first-order valence-corrected chi connectivity index (χ1v) is 20.6. The summed E-state index contributed by atoms with van der Waals surface area (Å²) in [7, 11) is 1.42. The summed E-state index contributed by atoms with van der Waals surface area (Å²) in [4.78, 5) is 96.2. The summed E-state index contributed by atoms with van der Waals surface area (Å²) < 4.78 is 44.4. The van der Waals surface area contributed by atoms with E-state index in [0.717, 1.165) is 0 Å². The molecule has 60 heavy (non-hydrogen) atoms. The zero-order valence-corrected chi connectivity index (χ0v) is 36.3. The molecule has 1 aliphatic heterocycles. The first kappa shape index (κ1) is 43.1. The molecular weight excluding hydrogens is 776 g/mol. The lowest BCUT2D eigenvalue weighted by molar-refractivity contribution is -0.278. The molecule has 0 amide bonds. The van der Waals surface area contributed by atoms with Gasteiger partial charge < -0.3 is 33.2 Å². The van der Waals surface area contributed by atoms with Crippen LogP contribution in [0, 0.1) is 44.8 Å². The molecule has 0 aromatic heterocycles. The number of hydrogen-bond donors (Lipinski definition) is 0. The number of rotatable bonds is 8. The van der Waals surface area contributed by atoms with Crippen LogP contribution in [0.2, 0.25) is 0 Å². The van der Waals surface area contributed by atoms with Gasteiger partial charge in [0.15, 0.2) is 11.5 Å². The third-order valence-electron chi connectivity index (χ3n) is 15.8. The van der Waals surface area contributed by atoms with Crippen LogP contribution < -0.4 is 0 Å². The number of benzene rings is 1. The molecule has 1 heterocycles. The van der Waals surface area contributed by atoms with Gasteiger partial charge in [-0.3, -0.25) is 28.8 Å². The van der Waals surface area contributed by atoms with Crippen LogP contribution in [-0.2, 0) is 61.9 Å². The van der Waals surface area contributed by atoms with E-state index in [1.54, 1.807) is 57.2 Å². The molecule has 2 bridgehead atoms. The van der Waals surface area contributed by atoms with Crippen molar-refractivity contribution in [1.82, 2.24) is 0 Å². The lowest BCUT2D eigenvalue weighted by Gasteiger charge is -2.68. The van der Waals surface area contributed by atoms with Crippen LogP contribution in [-0.4, -0.2) is 85.3 Å². The molecule has 0 N–H and O–H groups in total. The van der Waals surface area contributed by atoms with Gasteiger partial charge in [-0.15, -0.1) is 0 Å². The number of carbonyl (C=O) groups excluding carboxylic acids is 7. The summed E-state index contributed by atoms with van der Waals surface area (Å²) in [6.07, 6.45) is -2.54. The molecular formula is C46H56O14. The molecule has 6 aliphatic rings. The van der Waals surface area contributed by atoms with Crippen LogP contribution in [0.25, 0.3) is 0 Å². The van der Waals surface area contributed by atoms with Crippen molar-refractivity contribution < 1.29 is 66.7 Å². The second kappa shape index (κ2) is 14.3. The highest BCUT2D eigenvalue weighted by Gasteiger charge is 2.90. The van der Waals surface area contributed by atoms with E-state index in [9.17, 15) is 33.6 Å². The van der Waals surface area contributed by atoms with E-state index in [-0.39, 0.29) is 49.4 Å². The number of Topliss-reactive ketones (excluding diaryl/α,β-unsaturated/α-hetero) is 1. The van der Waals surface area contributed by atoms with Gasteiger partial charge in [0.1, 0.15) is 36.6 Å². The molecule has 5 aliphatic carbocycles. The van der Waals surface area contributed by atoms with Gasteiger partial charge in [0.2, 0.25) is 0 Å². The van der Waals surface area contributed by atoms with Crippen molar-refractivity contribution in [1.29, 1.82) is 0 Å². The minimum Gasteiger partial charge on any atom is -0.493 e. The van der Waals surface area contributed by atoms with E-state index in [4.69, 9.17) is 33.2 Å². The highest BCUT2D eigenvalue weighted by Crippen LogP contribution is 2.82. The molecule has 324 valence electrons. The number of hydrogen-bond acceptors (Lipinski definition) is 14. The van der Waals surface area contributed by atoms with Crippen LogP contribution in [0.15, 0.2) is 53.3 Å². The topological polar surface area (TPSA) is 184 Å². The summed E-state index contributed by atoms with van der Waals surface area (Å²) in [6, 6.07) is 8.41. The molecule has 0 unspecified atom stereocenters. The molecule has 14 nitrogen and oxygen atoms in total. The molecule has 14 heteroatoms. The molecule has 3 saturated carbocycles. The van der Waals surface area contributed by atoms with Gasteiger partial charge in [-0.25, -0.2) is 4.79 Å². The van der Waals surface area contributed by atoms with Crippen molar-refractivity contribution in [3.8, 4) is 0 Å². The van der Waals surface area contributed by atoms with E-state index < -0.39 is 111 Å². The number of ether oxygens (including phenoxy) is 7. The molecule has 7 rings (SSSR count). The largest absolute Gasteiger partial charge is 0.493 e. The summed E-state index contributed by atoms with van der Waals surface area (Å²) in [5.41, 5.74) is -7.04.